The molecule has 7 heteroatoms. The summed E-state index contributed by atoms with van der Waals surface area (Å²) >= 11 is 0. The van der Waals surface area contributed by atoms with Gasteiger partial charge in [0.2, 0.25) is 0 Å². The lowest BCUT2D eigenvalue weighted by atomic mass is 10.3. The molecule has 0 radical (unpaired) electrons. The van der Waals surface area contributed by atoms with Crippen LogP contribution in [0.2, 0.25) is 0 Å². The van der Waals surface area contributed by atoms with E-state index in [2.05, 4.69) is 15.3 Å². The van der Waals surface area contributed by atoms with Gasteiger partial charge in [-0.15, -0.1) is 0 Å². The maximum atomic E-state index is 11.8. The van der Waals surface area contributed by atoms with Gasteiger partial charge in [0.05, 0.1) is 12.7 Å². The zero-order valence-electron chi connectivity index (χ0n) is 11.4. The van der Waals surface area contributed by atoms with Gasteiger partial charge in [-0.2, -0.15) is 0 Å². The highest BCUT2D eigenvalue weighted by Gasteiger charge is 2.07. The first kappa shape index (κ1) is 14.3. The molecule has 7 nitrogen and oxygen atoms in total. The number of imidazole rings is 2. The van der Waals surface area contributed by atoms with Crippen molar-refractivity contribution in [1.82, 2.24) is 24.4 Å². The molecule has 0 bridgehead atoms. The normalized spacial score (nSPS) is 10.7. The molecule has 0 aromatic carbocycles. The number of hydrogen-bond donors (Lipinski definition) is 2. The number of hydrogen-bond acceptors (Lipinski definition) is 4. The first-order valence-corrected chi connectivity index (χ1v) is 6.75. The number of carbonyl (C=O) groups is 1. The van der Waals surface area contributed by atoms with Crippen LogP contribution in [0.1, 0.15) is 23.3 Å². The Morgan fingerprint density at radius 3 is 2.90 bits per heavy atom. The molecule has 0 saturated heterocycles. The minimum atomic E-state index is -0.136. The van der Waals surface area contributed by atoms with Gasteiger partial charge in [0.25, 0.3) is 5.91 Å². The number of unbranched alkanes of at least 4 members (excludes halogenated alkanes) is 1. The van der Waals surface area contributed by atoms with Crippen LogP contribution in [0.4, 0.5) is 0 Å². The van der Waals surface area contributed by atoms with Crippen LogP contribution in [0.5, 0.6) is 0 Å². The molecule has 3 N–H and O–H groups in total. The summed E-state index contributed by atoms with van der Waals surface area (Å²) in [5, 5.41) is 2.86. The van der Waals surface area contributed by atoms with Gasteiger partial charge in [-0.25, -0.2) is 9.97 Å². The Balaban J connectivity index is 1.64. The average Bonchev–Trinajstić information content (AvgIpc) is 3.10. The van der Waals surface area contributed by atoms with E-state index in [0.717, 1.165) is 19.4 Å². The van der Waals surface area contributed by atoms with E-state index in [1.165, 1.54) is 0 Å². The Bertz CT molecular complexity index is 519. The van der Waals surface area contributed by atoms with Gasteiger partial charge in [-0.1, -0.05) is 0 Å². The van der Waals surface area contributed by atoms with Crippen molar-refractivity contribution in [2.24, 2.45) is 5.73 Å². The standard InChI is InChI=1S/C13H20N6O/c14-3-7-19-9-12(17-11-19)13(20)16-4-1-2-6-18-8-5-15-10-18/h5,8-11H,1-4,6-7,14H2,(H,16,20). The minimum Gasteiger partial charge on any atom is -0.351 e. The third-order valence-corrected chi connectivity index (χ3v) is 2.94. The summed E-state index contributed by atoms with van der Waals surface area (Å²) in [5.74, 6) is -0.136. The molecule has 0 saturated carbocycles. The molecule has 2 rings (SSSR count). The summed E-state index contributed by atoms with van der Waals surface area (Å²) in [6.07, 6.45) is 10.8. The number of aryl methyl sites for hydroxylation is 1. The number of amides is 1. The number of nitrogens with two attached hydrogens (primary N) is 1. The second kappa shape index (κ2) is 7.44. The summed E-state index contributed by atoms with van der Waals surface area (Å²) in [6.45, 7) is 2.77. The van der Waals surface area contributed by atoms with Gasteiger partial charge in [0.15, 0.2) is 0 Å². The van der Waals surface area contributed by atoms with Crippen molar-refractivity contribution in [3.05, 3.63) is 36.9 Å². The molecule has 0 aliphatic carbocycles. The lowest BCUT2D eigenvalue weighted by molar-refractivity contribution is 0.0948. The highest BCUT2D eigenvalue weighted by Crippen LogP contribution is 1.97. The van der Waals surface area contributed by atoms with Gasteiger partial charge in [-0.3, -0.25) is 4.79 Å². The number of nitrogens with zero attached hydrogens (tertiary/aromatic N) is 4. The molecule has 0 fully saturated rings. The summed E-state index contributed by atoms with van der Waals surface area (Å²) in [7, 11) is 0. The van der Waals surface area contributed by atoms with Gasteiger partial charge < -0.3 is 20.2 Å². The Labute approximate surface area is 117 Å². The lowest BCUT2D eigenvalue weighted by Crippen LogP contribution is -2.25. The van der Waals surface area contributed by atoms with Crippen LogP contribution >= 0.6 is 0 Å². The predicted molar refractivity (Wildman–Crippen MR) is 75.1 cm³/mol. The van der Waals surface area contributed by atoms with Gasteiger partial charge >= 0.3 is 0 Å². The number of rotatable bonds is 8. The van der Waals surface area contributed by atoms with Gasteiger partial charge in [-0.05, 0) is 12.8 Å². The molecule has 0 aliphatic heterocycles. The van der Waals surface area contributed by atoms with Crippen LogP contribution in [0.3, 0.4) is 0 Å². The summed E-state index contributed by atoms with van der Waals surface area (Å²) < 4.78 is 3.84. The third-order valence-electron chi connectivity index (χ3n) is 2.94. The van der Waals surface area contributed by atoms with Crippen LogP contribution in [0, 0.1) is 0 Å². The van der Waals surface area contributed by atoms with E-state index >= 15 is 0 Å². The first-order chi connectivity index (χ1) is 9.79. The molecule has 108 valence electrons. The van der Waals surface area contributed by atoms with E-state index in [9.17, 15) is 4.79 Å². The van der Waals surface area contributed by atoms with E-state index in [-0.39, 0.29) is 5.91 Å². The molecule has 2 aromatic rings. The SMILES string of the molecule is NCCn1cnc(C(=O)NCCCCn2ccnc2)c1. The molecule has 0 aliphatic rings. The topological polar surface area (TPSA) is 90.8 Å². The molecule has 0 atom stereocenters. The third kappa shape index (κ3) is 4.20. The van der Waals surface area contributed by atoms with E-state index in [1.807, 2.05) is 15.3 Å². The average molecular weight is 276 g/mol. The molecule has 0 unspecified atom stereocenters. The zero-order chi connectivity index (χ0) is 14.2. The quantitative estimate of drug-likeness (QED) is 0.676. The van der Waals surface area contributed by atoms with E-state index in [0.29, 0.717) is 25.3 Å². The predicted octanol–water partition coefficient (Wildman–Crippen LogP) is 0.248. The molecule has 1 amide bonds. The number of nitrogens with one attached hydrogen (secondary N) is 1. The summed E-state index contributed by atoms with van der Waals surface area (Å²) in [5.41, 5.74) is 5.88. The van der Waals surface area contributed by atoms with Crippen molar-refractivity contribution >= 4 is 5.91 Å². The zero-order valence-corrected chi connectivity index (χ0v) is 11.4. The second-order valence-electron chi connectivity index (χ2n) is 4.55. The van der Waals surface area contributed by atoms with Crippen molar-refractivity contribution in [1.29, 1.82) is 0 Å². The van der Waals surface area contributed by atoms with Crippen LogP contribution in [0.25, 0.3) is 0 Å². The van der Waals surface area contributed by atoms with E-state index in [1.54, 1.807) is 25.0 Å². The monoisotopic (exact) mass is 276 g/mol. The maximum absolute atomic E-state index is 11.8. The lowest BCUT2D eigenvalue weighted by Gasteiger charge is -2.04. The first-order valence-electron chi connectivity index (χ1n) is 6.75. The molecular weight excluding hydrogens is 256 g/mol. The van der Waals surface area contributed by atoms with Crippen molar-refractivity contribution < 1.29 is 4.79 Å². The molecule has 2 aromatic heterocycles. The fraction of sp³-hybridized carbons (Fsp3) is 0.462. The molecule has 20 heavy (non-hydrogen) atoms. The van der Waals surface area contributed by atoms with Crippen molar-refractivity contribution in [3.63, 3.8) is 0 Å². The molecule has 0 spiro atoms. The van der Waals surface area contributed by atoms with Gasteiger partial charge in [0, 0.05) is 44.8 Å². The van der Waals surface area contributed by atoms with E-state index < -0.39 is 0 Å². The largest absolute Gasteiger partial charge is 0.351 e. The van der Waals surface area contributed by atoms with Crippen LogP contribution in [0.15, 0.2) is 31.2 Å². The Morgan fingerprint density at radius 2 is 2.15 bits per heavy atom. The number of aromatic nitrogens is 4. The Kier molecular flexibility index (Phi) is 5.31. The second-order valence-corrected chi connectivity index (χ2v) is 4.55. The number of carbonyl (C=O) groups excluding carboxylic acids is 1. The Morgan fingerprint density at radius 1 is 1.25 bits per heavy atom. The summed E-state index contributed by atoms with van der Waals surface area (Å²) in [4.78, 5) is 19.9. The van der Waals surface area contributed by atoms with Crippen LogP contribution in [-0.4, -0.2) is 38.1 Å². The van der Waals surface area contributed by atoms with Crippen molar-refractivity contribution in [2.75, 3.05) is 13.1 Å². The van der Waals surface area contributed by atoms with Crippen molar-refractivity contribution in [2.45, 2.75) is 25.9 Å². The molecular formula is C13H20N6O. The Hall–Kier alpha value is -2.15. The van der Waals surface area contributed by atoms with E-state index in [4.69, 9.17) is 5.73 Å². The highest BCUT2D eigenvalue weighted by molar-refractivity contribution is 5.91. The smallest absolute Gasteiger partial charge is 0.271 e. The fourth-order valence-electron chi connectivity index (χ4n) is 1.88. The summed E-state index contributed by atoms with van der Waals surface area (Å²) in [6, 6.07) is 0. The van der Waals surface area contributed by atoms with Crippen LogP contribution < -0.4 is 11.1 Å². The minimum absolute atomic E-state index is 0.136. The molecule has 2 heterocycles. The van der Waals surface area contributed by atoms with Crippen molar-refractivity contribution in [3.8, 4) is 0 Å². The van der Waals surface area contributed by atoms with Crippen LogP contribution in [-0.2, 0) is 13.1 Å². The maximum Gasteiger partial charge on any atom is 0.271 e. The van der Waals surface area contributed by atoms with Gasteiger partial charge in [0.1, 0.15) is 5.69 Å². The fourth-order valence-corrected chi connectivity index (χ4v) is 1.88. The highest BCUT2D eigenvalue weighted by atomic mass is 16.1.